The van der Waals surface area contributed by atoms with Gasteiger partial charge in [-0.25, -0.2) is 4.98 Å². The number of hydrogen-bond acceptors (Lipinski definition) is 6. The number of aromatic nitrogens is 3. The van der Waals surface area contributed by atoms with Crippen molar-refractivity contribution in [2.75, 3.05) is 26.2 Å². The molecule has 0 N–H and O–H groups in total. The van der Waals surface area contributed by atoms with Crippen LogP contribution < -0.4 is 0 Å². The van der Waals surface area contributed by atoms with Gasteiger partial charge >= 0.3 is 0 Å². The average Bonchev–Trinajstić information content (AvgIpc) is 3.18. The fourth-order valence-electron chi connectivity index (χ4n) is 3.16. The van der Waals surface area contributed by atoms with Crippen LogP contribution in [-0.4, -0.2) is 56.8 Å². The van der Waals surface area contributed by atoms with Crippen LogP contribution in [0.1, 0.15) is 11.3 Å². The molecule has 4 heterocycles. The number of carbonyl (C=O) groups is 1. The summed E-state index contributed by atoms with van der Waals surface area (Å²) in [7, 11) is 0. The summed E-state index contributed by atoms with van der Waals surface area (Å²) in [5.74, 6) is 0.149. The molecule has 3 aromatic heterocycles. The van der Waals surface area contributed by atoms with Gasteiger partial charge in [0.15, 0.2) is 0 Å². The average molecular weight is 379 g/mol. The van der Waals surface area contributed by atoms with E-state index in [-0.39, 0.29) is 5.91 Å². The summed E-state index contributed by atoms with van der Waals surface area (Å²) in [6.07, 6.45) is 5.76. The van der Waals surface area contributed by atoms with Gasteiger partial charge in [-0.1, -0.05) is 6.07 Å². The number of nitrogens with zero attached hydrogens (tertiary/aromatic N) is 5. The maximum absolute atomic E-state index is 12.6. The predicted octanol–water partition coefficient (Wildman–Crippen LogP) is 2.49. The van der Waals surface area contributed by atoms with Gasteiger partial charge in [-0.05, 0) is 29.8 Å². The Hall–Kier alpha value is -2.64. The number of pyridine rings is 2. The Labute approximate surface area is 162 Å². The lowest BCUT2D eigenvalue weighted by molar-refractivity contribution is -0.132. The van der Waals surface area contributed by atoms with Gasteiger partial charge in [0.1, 0.15) is 5.01 Å². The highest BCUT2D eigenvalue weighted by Gasteiger charge is 2.22. The van der Waals surface area contributed by atoms with Crippen LogP contribution in [-0.2, 0) is 17.8 Å². The quantitative estimate of drug-likeness (QED) is 0.682. The van der Waals surface area contributed by atoms with Gasteiger partial charge in [-0.15, -0.1) is 11.3 Å². The molecule has 0 saturated carbocycles. The monoisotopic (exact) mass is 379 g/mol. The van der Waals surface area contributed by atoms with E-state index in [1.165, 1.54) is 16.9 Å². The van der Waals surface area contributed by atoms with Crippen LogP contribution in [0.4, 0.5) is 0 Å². The van der Waals surface area contributed by atoms with Crippen LogP contribution in [0.15, 0.2) is 54.3 Å². The fourth-order valence-corrected chi connectivity index (χ4v) is 3.96. The molecule has 0 aromatic carbocycles. The molecule has 0 atom stereocenters. The van der Waals surface area contributed by atoms with E-state index in [0.717, 1.165) is 49.1 Å². The molecule has 6 nitrogen and oxygen atoms in total. The fraction of sp³-hybridized carbons (Fsp3) is 0.300. The molecule has 0 radical (unpaired) electrons. The van der Waals surface area contributed by atoms with Gasteiger partial charge in [0, 0.05) is 56.7 Å². The van der Waals surface area contributed by atoms with Crippen molar-refractivity contribution in [1.29, 1.82) is 0 Å². The SMILES string of the molecule is O=C(Cc1csc(-c2ccccn2)n1)N1CCN(Cc2ccncc2)CC1. The van der Waals surface area contributed by atoms with Gasteiger partial charge in [0.25, 0.3) is 0 Å². The topological polar surface area (TPSA) is 62.2 Å². The van der Waals surface area contributed by atoms with Crippen LogP contribution in [0.2, 0.25) is 0 Å². The zero-order valence-corrected chi connectivity index (χ0v) is 15.8. The Kier molecular flexibility index (Phi) is 5.50. The number of amides is 1. The molecule has 1 amide bonds. The molecule has 1 aliphatic heterocycles. The summed E-state index contributed by atoms with van der Waals surface area (Å²) in [6.45, 7) is 4.22. The van der Waals surface area contributed by atoms with E-state index in [0.29, 0.717) is 6.42 Å². The standard InChI is InChI=1S/C20H21N5OS/c26-19(13-17-15-27-20(23-17)18-3-1-2-6-22-18)25-11-9-24(10-12-25)14-16-4-7-21-8-5-16/h1-8,15H,9-14H2. The van der Waals surface area contributed by atoms with Gasteiger partial charge in [-0.2, -0.15) is 0 Å². The van der Waals surface area contributed by atoms with Crippen molar-refractivity contribution in [2.24, 2.45) is 0 Å². The predicted molar refractivity (Wildman–Crippen MR) is 105 cm³/mol. The highest BCUT2D eigenvalue weighted by Crippen LogP contribution is 2.22. The molecular formula is C20H21N5OS. The molecule has 0 spiro atoms. The third-order valence-electron chi connectivity index (χ3n) is 4.65. The molecule has 1 saturated heterocycles. The molecule has 1 aliphatic rings. The van der Waals surface area contributed by atoms with Crippen LogP contribution >= 0.6 is 11.3 Å². The highest BCUT2D eigenvalue weighted by molar-refractivity contribution is 7.13. The van der Waals surface area contributed by atoms with Crippen molar-refractivity contribution in [3.8, 4) is 10.7 Å². The molecule has 0 bridgehead atoms. The van der Waals surface area contributed by atoms with E-state index in [2.05, 4.69) is 19.9 Å². The Morgan fingerprint density at radius 2 is 1.85 bits per heavy atom. The van der Waals surface area contributed by atoms with Crippen LogP contribution in [0.3, 0.4) is 0 Å². The second-order valence-corrected chi connectivity index (χ2v) is 7.41. The Morgan fingerprint density at radius 1 is 1.04 bits per heavy atom. The molecule has 0 aliphatic carbocycles. The maximum Gasteiger partial charge on any atom is 0.228 e. The Bertz CT molecular complexity index is 876. The van der Waals surface area contributed by atoms with Gasteiger partial charge < -0.3 is 4.90 Å². The van der Waals surface area contributed by atoms with E-state index in [1.807, 2.05) is 53.0 Å². The molecule has 27 heavy (non-hydrogen) atoms. The van der Waals surface area contributed by atoms with E-state index < -0.39 is 0 Å². The summed E-state index contributed by atoms with van der Waals surface area (Å²) in [5.41, 5.74) is 2.94. The molecule has 1 fully saturated rings. The van der Waals surface area contributed by atoms with Crippen molar-refractivity contribution in [3.63, 3.8) is 0 Å². The van der Waals surface area contributed by atoms with Crippen molar-refractivity contribution in [1.82, 2.24) is 24.8 Å². The lowest BCUT2D eigenvalue weighted by Crippen LogP contribution is -2.48. The molecular weight excluding hydrogens is 358 g/mol. The summed E-state index contributed by atoms with van der Waals surface area (Å²) < 4.78 is 0. The summed E-state index contributed by atoms with van der Waals surface area (Å²) in [6, 6.07) is 9.85. The zero-order chi connectivity index (χ0) is 18.5. The highest BCUT2D eigenvalue weighted by atomic mass is 32.1. The summed E-state index contributed by atoms with van der Waals surface area (Å²) in [4.78, 5) is 29.9. The van der Waals surface area contributed by atoms with Crippen molar-refractivity contribution in [2.45, 2.75) is 13.0 Å². The third kappa shape index (κ3) is 4.56. The number of rotatable bonds is 5. The van der Waals surface area contributed by atoms with Gasteiger partial charge in [0.2, 0.25) is 5.91 Å². The minimum absolute atomic E-state index is 0.149. The van der Waals surface area contributed by atoms with E-state index >= 15 is 0 Å². The lowest BCUT2D eigenvalue weighted by atomic mass is 10.2. The normalized spacial score (nSPS) is 15.0. The second-order valence-electron chi connectivity index (χ2n) is 6.55. The third-order valence-corrected chi connectivity index (χ3v) is 5.56. The smallest absolute Gasteiger partial charge is 0.228 e. The van der Waals surface area contributed by atoms with E-state index in [9.17, 15) is 4.79 Å². The number of hydrogen-bond donors (Lipinski definition) is 0. The lowest BCUT2D eigenvalue weighted by Gasteiger charge is -2.34. The zero-order valence-electron chi connectivity index (χ0n) is 15.0. The largest absolute Gasteiger partial charge is 0.340 e. The minimum Gasteiger partial charge on any atom is -0.340 e. The summed E-state index contributed by atoms with van der Waals surface area (Å²) in [5, 5.41) is 2.82. The van der Waals surface area contributed by atoms with Crippen molar-refractivity contribution in [3.05, 3.63) is 65.6 Å². The number of carbonyl (C=O) groups excluding carboxylic acids is 1. The van der Waals surface area contributed by atoms with Crippen LogP contribution in [0.25, 0.3) is 10.7 Å². The van der Waals surface area contributed by atoms with E-state index in [1.54, 1.807) is 6.20 Å². The Morgan fingerprint density at radius 3 is 2.59 bits per heavy atom. The second kappa shape index (κ2) is 8.37. The molecule has 138 valence electrons. The molecule has 0 unspecified atom stereocenters. The van der Waals surface area contributed by atoms with Gasteiger partial charge in [0.05, 0.1) is 17.8 Å². The van der Waals surface area contributed by atoms with E-state index in [4.69, 9.17) is 0 Å². The number of thiazole rings is 1. The first-order chi connectivity index (χ1) is 13.3. The van der Waals surface area contributed by atoms with Crippen LogP contribution in [0.5, 0.6) is 0 Å². The van der Waals surface area contributed by atoms with Crippen molar-refractivity contribution < 1.29 is 4.79 Å². The Balaban J connectivity index is 1.29. The van der Waals surface area contributed by atoms with Crippen LogP contribution in [0, 0.1) is 0 Å². The number of piperazine rings is 1. The summed E-state index contributed by atoms with van der Waals surface area (Å²) >= 11 is 1.54. The molecule has 7 heteroatoms. The molecule has 4 rings (SSSR count). The maximum atomic E-state index is 12.6. The first-order valence-electron chi connectivity index (χ1n) is 9.03. The van der Waals surface area contributed by atoms with Crippen molar-refractivity contribution >= 4 is 17.2 Å². The van der Waals surface area contributed by atoms with Gasteiger partial charge in [-0.3, -0.25) is 19.7 Å². The minimum atomic E-state index is 0.149. The molecule has 3 aromatic rings. The first kappa shape index (κ1) is 17.8. The first-order valence-corrected chi connectivity index (χ1v) is 9.91.